The fourth-order valence-corrected chi connectivity index (χ4v) is 2.15. The fourth-order valence-electron chi connectivity index (χ4n) is 1.99. The lowest BCUT2D eigenvalue weighted by Crippen LogP contribution is -2.10. The number of pyridine rings is 1. The third-order valence-electron chi connectivity index (χ3n) is 2.88. The molecule has 0 aliphatic heterocycles. The maximum Gasteiger partial charge on any atom is 0.354 e. The Morgan fingerprint density at radius 2 is 2.26 bits per heavy atom. The van der Waals surface area contributed by atoms with Gasteiger partial charge in [0.15, 0.2) is 0 Å². The van der Waals surface area contributed by atoms with Gasteiger partial charge >= 0.3 is 5.97 Å². The number of nitrogens with zero attached hydrogens (tertiary/aromatic N) is 2. The third kappa shape index (κ3) is 2.87. The van der Waals surface area contributed by atoms with E-state index < -0.39 is 5.97 Å². The van der Waals surface area contributed by atoms with Gasteiger partial charge in [-0.05, 0) is 31.0 Å². The van der Waals surface area contributed by atoms with Gasteiger partial charge in [-0.25, -0.2) is 9.78 Å². The van der Waals surface area contributed by atoms with Crippen LogP contribution in [0.15, 0.2) is 18.2 Å². The van der Waals surface area contributed by atoms with Crippen LogP contribution in [0.25, 0.3) is 11.0 Å². The number of halogens is 2. The van der Waals surface area contributed by atoms with Crippen molar-refractivity contribution in [3.8, 4) is 0 Å². The van der Waals surface area contributed by atoms with Crippen molar-refractivity contribution in [1.82, 2.24) is 9.55 Å². The molecule has 0 atom stereocenters. The quantitative estimate of drug-likeness (QED) is 0.481. The second kappa shape index (κ2) is 6.02. The Labute approximate surface area is 115 Å². The minimum atomic E-state index is -0.436. The molecule has 6 heteroatoms. The average molecular weight is 285 g/mol. The van der Waals surface area contributed by atoms with E-state index in [1.54, 1.807) is 22.8 Å². The zero-order valence-corrected chi connectivity index (χ0v) is 11.3. The van der Waals surface area contributed by atoms with Crippen molar-refractivity contribution in [1.29, 1.82) is 0 Å². The zero-order chi connectivity index (χ0) is 13.8. The number of aryl methyl sites for hydroxylation is 1. The van der Waals surface area contributed by atoms with Crippen molar-refractivity contribution in [2.75, 3.05) is 13.8 Å². The number of aromatic nitrogens is 2. The molecule has 0 N–H and O–H groups in total. The van der Waals surface area contributed by atoms with Crippen LogP contribution in [0.2, 0.25) is 5.15 Å². The van der Waals surface area contributed by atoms with Crippen LogP contribution in [0.1, 0.15) is 23.3 Å². The minimum absolute atomic E-state index is 0.364. The van der Waals surface area contributed by atoms with E-state index >= 15 is 0 Å². The highest BCUT2D eigenvalue weighted by Gasteiger charge is 2.16. The molecule has 2 aromatic rings. The summed E-state index contributed by atoms with van der Waals surface area (Å²) in [6.45, 7) is 0.179. The molecule has 4 nitrogen and oxygen atoms in total. The highest BCUT2D eigenvalue weighted by molar-refractivity contribution is 6.29. The topological polar surface area (TPSA) is 44.1 Å². The van der Waals surface area contributed by atoms with Gasteiger partial charge in [0.1, 0.15) is 10.8 Å². The summed E-state index contributed by atoms with van der Waals surface area (Å²) < 4.78 is 18.7. The maximum atomic E-state index is 12.2. The Bertz CT molecular complexity index is 598. The number of ether oxygens (including phenoxy) is 1. The molecule has 0 spiro atoms. The van der Waals surface area contributed by atoms with Gasteiger partial charge in [0.05, 0.1) is 24.8 Å². The van der Waals surface area contributed by atoms with Gasteiger partial charge in [0.2, 0.25) is 0 Å². The average Bonchev–Trinajstić information content (AvgIpc) is 2.76. The van der Waals surface area contributed by atoms with E-state index in [1.165, 1.54) is 7.11 Å². The number of carbonyl (C=O) groups is 1. The van der Waals surface area contributed by atoms with E-state index in [0.29, 0.717) is 35.8 Å². The second-order valence-electron chi connectivity index (χ2n) is 4.11. The van der Waals surface area contributed by atoms with Crippen molar-refractivity contribution in [2.45, 2.75) is 19.4 Å². The summed E-state index contributed by atoms with van der Waals surface area (Å²) in [4.78, 5) is 15.9. The maximum absolute atomic E-state index is 12.2. The van der Waals surface area contributed by atoms with E-state index in [1.807, 2.05) is 0 Å². The fraction of sp³-hybridized carbons (Fsp3) is 0.385. The number of alkyl halides is 1. The van der Waals surface area contributed by atoms with Gasteiger partial charge in [-0.1, -0.05) is 11.6 Å². The van der Waals surface area contributed by atoms with Crippen molar-refractivity contribution in [3.05, 3.63) is 29.0 Å². The van der Waals surface area contributed by atoms with Gasteiger partial charge in [0.25, 0.3) is 0 Å². The number of methoxy groups -OCH3 is 1. The lowest BCUT2D eigenvalue weighted by Gasteiger charge is -2.08. The molecule has 0 aliphatic rings. The first kappa shape index (κ1) is 13.8. The first-order valence-electron chi connectivity index (χ1n) is 5.97. The van der Waals surface area contributed by atoms with Gasteiger partial charge in [-0.2, -0.15) is 0 Å². The molecule has 0 bridgehead atoms. The lowest BCUT2D eigenvalue weighted by atomic mass is 10.3. The van der Waals surface area contributed by atoms with E-state index in [0.717, 1.165) is 5.52 Å². The highest BCUT2D eigenvalue weighted by Crippen LogP contribution is 2.21. The molecule has 19 heavy (non-hydrogen) atoms. The Balaban J connectivity index is 2.45. The molecule has 0 saturated heterocycles. The summed E-state index contributed by atoms with van der Waals surface area (Å²) >= 11 is 5.83. The summed E-state index contributed by atoms with van der Waals surface area (Å²) in [7, 11) is 1.33. The lowest BCUT2D eigenvalue weighted by molar-refractivity contribution is 0.0589. The van der Waals surface area contributed by atoms with Gasteiger partial charge in [0, 0.05) is 6.54 Å². The monoisotopic (exact) mass is 284 g/mol. The van der Waals surface area contributed by atoms with Crippen LogP contribution in [0.5, 0.6) is 0 Å². The van der Waals surface area contributed by atoms with Gasteiger partial charge in [-0.15, -0.1) is 0 Å². The SMILES string of the molecule is COC(=O)c1cc2nc(Cl)ccc2n1CCCCF. The van der Waals surface area contributed by atoms with Crippen LogP contribution in [0.4, 0.5) is 4.39 Å². The van der Waals surface area contributed by atoms with Crippen molar-refractivity contribution in [2.24, 2.45) is 0 Å². The first-order valence-corrected chi connectivity index (χ1v) is 6.35. The predicted molar refractivity (Wildman–Crippen MR) is 71.3 cm³/mol. The van der Waals surface area contributed by atoms with Crippen LogP contribution in [-0.2, 0) is 11.3 Å². The number of hydrogen-bond donors (Lipinski definition) is 0. The number of fused-ring (bicyclic) bond motifs is 1. The molecular weight excluding hydrogens is 271 g/mol. The molecular formula is C13H14ClFN2O2. The number of esters is 1. The van der Waals surface area contributed by atoms with Crippen LogP contribution in [-0.4, -0.2) is 29.3 Å². The highest BCUT2D eigenvalue weighted by atomic mass is 35.5. The summed E-state index contributed by atoms with van der Waals surface area (Å²) in [6.07, 6.45) is 1.11. The minimum Gasteiger partial charge on any atom is -0.464 e. The molecule has 2 rings (SSSR count). The van der Waals surface area contributed by atoms with Crippen molar-refractivity contribution in [3.63, 3.8) is 0 Å². The van der Waals surface area contributed by atoms with E-state index in [2.05, 4.69) is 4.98 Å². The van der Waals surface area contributed by atoms with E-state index in [-0.39, 0.29) is 6.67 Å². The normalized spacial score (nSPS) is 10.9. The summed E-state index contributed by atoms with van der Waals surface area (Å²) in [5, 5.41) is 0.366. The molecule has 0 aromatic carbocycles. The zero-order valence-electron chi connectivity index (χ0n) is 10.5. The van der Waals surface area contributed by atoms with Crippen molar-refractivity contribution < 1.29 is 13.9 Å². The van der Waals surface area contributed by atoms with Crippen molar-refractivity contribution >= 4 is 28.6 Å². The first-order chi connectivity index (χ1) is 9.17. The number of rotatable bonds is 5. The van der Waals surface area contributed by atoms with Crippen LogP contribution < -0.4 is 0 Å². The van der Waals surface area contributed by atoms with Crippen LogP contribution >= 0.6 is 11.6 Å². The summed E-state index contributed by atoms with van der Waals surface area (Å²) in [5.41, 5.74) is 1.84. The molecule has 0 unspecified atom stereocenters. The van der Waals surface area contributed by atoms with Gasteiger partial charge in [-0.3, -0.25) is 4.39 Å². The van der Waals surface area contributed by atoms with E-state index in [4.69, 9.17) is 16.3 Å². The molecule has 0 amide bonds. The Morgan fingerprint density at radius 1 is 1.47 bits per heavy atom. The Kier molecular flexibility index (Phi) is 4.37. The van der Waals surface area contributed by atoms with E-state index in [9.17, 15) is 9.18 Å². The second-order valence-corrected chi connectivity index (χ2v) is 4.49. The number of hydrogen-bond acceptors (Lipinski definition) is 3. The Hall–Kier alpha value is -1.62. The number of carbonyl (C=O) groups excluding carboxylic acids is 1. The molecule has 0 saturated carbocycles. The standard InChI is InChI=1S/C13H14ClFN2O2/c1-19-13(18)11-8-9-10(4-5-12(14)16-9)17(11)7-3-2-6-15/h4-5,8H,2-3,6-7H2,1H3. The molecule has 2 heterocycles. The van der Waals surface area contributed by atoms with Crippen LogP contribution in [0.3, 0.4) is 0 Å². The van der Waals surface area contributed by atoms with Crippen LogP contribution in [0, 0.1) is 0 Å². The Morgan fingerprint density at radius 3 is 2.95 bits per heavy atom. The molecule has 2 aromatic heterocycles. The molecule has 102 valence electrons. The largest absolute Gasteiger partial charge is 0.464 e. The molecule has 0 fully saturated rings. The number of unbranched alkanes of at least 4 members (excludes halogenated alkanes) is 1. The molecule has 0 radical (unpaired) electrons. The van der Waals surface area contributed by atoms with Gasteiger partial charge < -0.3 is 9.30 Å². The predicted octanol–water partition coefficient (Wildman–Crippen LogP) is 3.23. The smallest absolute Gasteiger partial charge is 0.354 e. The summed E-state index contributed by atoms with van der Waals surface area (Å²) in [5.74, 6) is -0.436. The third-order valence-corrected chi connectivity index (χ3v) is 3.09. The molecule has 0 aliphatic carbocycles. The summed E-state index contributed by atoms with van der Waals surface area (Å²) in [6, 6.07) is 5.10.